The second kappa shape index (κ2) is 13.3. The van der Waals surface area contributed by atoms with Crippen LogP contribution in [0.3, 0.4) is 0 Å². The van der Waals surface area contributed by atoms with Crippen molar-refractivity contribution >= 4 is 15.8 Å². The van der Waals surface area contributed by atoms with E-state index in [1.54, 1.807) is 30.3 Å². The van der Waals surface area contributed by atoms with Gasteiger partial charge in [0.25, 0.3) is 5.56 Å². The van der Waals surface area contributed by atoms with E-state index in [2.05, 4.69) is 0 Å². The van der Waals surface area contributed by atoms with E-state index in [-0.39, 0.29) is 59.0 Å². The minimum absolute atomic E-state index is 0.0471. The molecule has 1 heterocycles. The molecule has 0 aliphatic rings. The molecule has 4 rings (SSSR count). The fourth-order valence-electron chi connectivity index (χ4n) is 4.88. The molecule has 0 aliphatic heterocycles. The summed E-state index contributed by atoms with van der Waals surface area (Å²) in [5.74, 6) is -3.11. The van der Waals surface area contributed by atoms with E-state index in [9.17, 15) is 22.8 Å². The molecular formula is C31H31F2N3O7S. The van der Waals surface area contributed by atoms with Crippen LogP contribution in [-0.2, 0) is 27.7 Å². The van der Waals surface area contributed by atoms with Crippen LogP contribution < -0.4 is 21.7 Å². The van der Waals surface area contributed by atoms with Crippen molar-refractivity contribution in [2.24, 2.45) is 5.73 Å². The van der Waals surface area contributed by atoms with E-state index in [1.807, 2.05) is 0 Å². The Morgan fingerprint density at radius 3 is 2.34 bits per heavy atom. The molecule has 0 bridgehead atoms. The highest BCUT2D eigenvalue weighted by Gasteiger charge is 2.25. The summed E-state index contributed by atoms with van der Waals surface area (Å²) < 4.78 is 63.2. The highest BCUT2D eigenvalue weighted by Crippen LogP contribution is 2.30. The fraction of sp³-hybridized carbons (Fsp3) is 0.258. The Morgan fingerprint density at radius 2 is 1.68 bits per heavy atom. The number of hydrogen-bond acceptors (Lipinski definition) is 7. The summed E-state index contributed by atoms with van der Waals surface area (Å²) in [5.41, 5.74) is 4.39. The molecular weight excluding hydrogens is 596 g/mol. The summed E-state index contributed by atoms with van der Waals surface area (Å²) in [6.07, 6.45) is 0.825. The zero-order valence-electron chi connectivity index (χ0n) is 24.0. The first kappa shape index (κ1) is 32.3. The number of carboxylic acids is 1. The van der Waals surface area contributed by atoms with Crippen LogP contribution >= 0.6 is 0 Å². The summed E-state index contributed by atoms with van der Waals surface area (Å²) in [5, 5.41) is 8.85. The Hall–Kier alpha value is -4.62. The van der Waals surface area contributed by atoms with Gasteiger partial charge in [-0.2, -0.15) is 0 Å². The molecule has 0 radical (unpaired) electrons. The van der Waals surface area contributed by atoms with E-state index in [4.69, 9.17) is 15.6 Å². The number of ether oxygens (including phenoxy) is 1. The molecule has 4 aromatic rings. The molecule has 0 unspecified atom stereocenters. The number of sulfone groups is 1. The number of carboxylic acid groups (broad SMARTS) is 1. The van der Waals surface area contributed by atoms with Crippen molar-refractivity contribution in [1.29, 1.82) is 0 Å². The minimum Gasteiger partial charge on any atom is -0.490 e. The van der Waals surface area contributed by atoms with Gasteiger partial charge in [-0.25, -0.2) is 22.0 Å². The molecule has 13 heteroatoms. The quantitative estimate of drug-likeness (QED) is 0.226. The number of rotatable bonds is 12. The molecule has 44 heavy (non-hydrogen) atoms. The molecule has 1 aromatic heterocycles. The van der Waals surface area contributed by atoms with Crippen molar-refractivity contribution in [3.8, 4) is 16.9 Å². The van der Waals surface area contributed by atoms with Crippen LogP contribution in [0, 0.1) is 18.6 Å². The summed E-state index contributed by atoms with van der Waals surface area (Å²) in [6, 6.07) is 15.4. The number of halogens is 2. The average Bonchev–Trinajstić information content (AvgIpc) is 2.97. The zero-order chi connectivity index (χ0) is 32.2. The first-order valence-corrected chi connectivity index (χ1v) is 15.5. The molecule has 0 fully saturated rings. The molecule has 0 saturated carbocycles. The number of carbonyl (C=O) groups is 1. The van der Waals surface area contributed by atoms with Crippen molar-refractivity contribution in [3.63, 3.8) is 0 Å². The fourth-order valence-corrected chi connectivity index (χ4v) is 5.81. The number of nitrogens with zero attached hydrogens (tertiary/aromatic N) is 2. The van der Waals surface area contributed by atoms with Gasteiger partial charge in [0.05, 0.1) is 30.2 Å². The van der Waals surface area contributed by atoms with Gasteiger partial charge in [0.2, 0.25) is 0 Å². The van der Waals surface area contributed by atoms with Gasteiger partial charge >= 0.3 is 11.7 Å². The molecule has 3 aromatic carbocycles. The van der Waals surface area contributed by atoms with Crippen LogP contribution in [0.25, 0.3) is 11.1 Å². The molecule has 0 amide bonds. The Labute approximate surface area is 251 Å². The maximum Gasteiger partial charge on any atom is 0.331 e. The number of benzene rings is 3. The SMILES string of the molecule is Cc1c(-c2cccc(OCCCC(=O)O)c2F)c(=O)n(C[C@H](N)c2ccccc2)c(=O)n1Cc1c(F)cccc1S(C)(=O)=O. The van der Waals surface area contributed by atoms with E-state index in [1.165, 1.54) is 37.3 Å². The predicted octanol–water partition coefficient (Wildman–Crippen LogP) is 3.66. The molecule has 0 saturated heterocycles. The van der Waals surface area contributed by atoms with Gasteiger partial charge < -0.3 is 15.6 Å². The third-order valence-electron chi connectivity index (χ3n) is 7.11. The predicted molar refractivity (Wildman–Crippen MR) is 159 cm³/mol. The van der Waals surface area contributed by atoms with Crippen molar-refractivity contribution in [3.05, 3.63) is 116 Å². The normalized spacial score (nSPS) is 12.2. The topological polar surface area (TPSA) is 151 Å². The molecule has 232 valence electrons. The lowest BCUT2D eigenvalue weighted by molar-refractivity contribution is -0.137. The lowest BCUT2D eigenvalue weighted by Gasteiger charge is -2.21. The highest BCUT2D eigenvalue weighted by molar-refractivity contribution is 7.90. The summed E-state index contributed by atoms with van der Waals surface area (Å²) >= 11 is 0. The van der Waals surface area contributed by atoms with E-state index in [0.717, 1.165) is 21.5 Å². The third-order valence-corrected chi connectivity index (χ3v) is 8.29. The Morgan fingerprint density at radius 1 is 1.00 bits per heavy atom. The maximum atomic E-state index is 15.9. The van der Waals surface area contributed by atoms with Crippen molar-refractivity contribution in [1.82, 2.24) is 9.13 Å². The van der Waals surface area contributed by atoms with Crippen molar-refractivity contribution in [2.75, 3.05) is 12.9 Å². The van der Waals surface area contributed by atoms with Crippen molar-refractivity contribution < 1.29 is 31.8 Å². The largest absolute Gasteiger partial charge is 0.490 e. The number of hydrogen-bond donors (Lipinski definition) is 2. The summed E-state index contributed by atoms with van der Waals surface area (Å²) in [6.45, 7) is 0.363. The van der Waals surface area contributed by atoms with Crippen molar-refractivity contribution in [2.45, 2.75) is 43.8 Å². The number of aromatic nitrogens is 2. The number of nitrogens with two attached hydrogens (primary N) is 1. The lowest BCUT2D eigenvalue weighted by atomic mass is 10.0. The summed E-state index contributed by atoms with van der Waals surface area (Å²) in [7, 11) is -3.92. The van der Waals surface area contributed by atoms with Crippen LogP contribution in [0.2, 0.25) is 0 Å². The van der Waals surface area contributed by atoms with Crippen LogP contribution in [0.1, 0.15) is 35.7 Å². The second-order valence-corrected chi connectivity index (χ2v) is 12.2. The van der Waals surface area contributed by atoms with Crippen LogP contribution in [0.5, 0.6) is 5.75 Å². The first-order chi connectivity index (χ1) is 20.8. The van der Waals surface area contributed by atoms with Crippen LogP contribution in [-0.4, -0.2) is 41.5 Å². The molecule has 0 spiro atoms. The molecule has 3 N–H and O–H groups in total. The minimum atomic E-state index is -3.92. The van der Waals surface area contributed by atoms with Gasteiger partial charge in [0.15, 0.2) is 21.4 Å². The van der Waals surface area contributed by atoms with Gasteiger partial charge in [-0.3, -0.25) is 18.7 Å². The third kappa shape index (κ3) is 6.95. The first-order valence-electron chi connectivity index (χ1n) is 13.6. The standard InChI is InChI=1S/C31H31F2N3O7S/c1-19-28(21-11-6-13-25(29(21)33)43-16-8-15-27(37)38)30(39)36(18-24(34)20-9-4-3-5-10-20)31(40)35(19)17-22-23(32)12-7-14-26(22)44(2,41)42/h3-7,9-14,24H,8,15-18,34H2,1-2H3,(H,37,38)/t24-/m0/s1. The molecule has 10 nitrogen and oxygen atoms in total. The van der Waals surface area contributed by atoms with Gasteiger partial charge in [-0.1, -0.05) is 48.5 Å². The number of aliphatic carboxylic acids is 1. The van der Waals surface area contributed by atoms with Crippen LogP contribution in [0.4, 0.5) is 8.78 Å². The van der Waals surface area contributed by atoms with Crippen LogP contribution in [0.15, 0.2) is 81.2 Å². The Bertz CT molecular complexity index is 1920. The van der Waals surface area contributed by atoms with Gasteiger partial charge in [0.1, 0.15) is 5.82 Å². The molecule has 1 atom stereocenters. The molecule has 0 aliphatic carbocycles. The smallest absolute Gasteiger partial charge is 0.331 e. The van der Waals surface area contributed by atoms with Gasteiger partial charge in [-0.05, 0) is 37.1 Å². The Kier molecular flexibility index (Phi) is 9.80. The Balaban J connectivity index is 1.92. The van der Waals surface area contributed by atoms with Gasteiger partial charge in [-0.15, -0.1) is 0 Å². The lowest BCUT2D eigenvalue weighted by Crippen LogP contribution is -2.44. The van der Waals surface area contributed by atoms with E-state index < -0.39 is 51.3 Å². The maximum absolute atomic E-state index is 15.9. The average molecular weight is 628 g/mol. The second-order valence-electron chi connectivity index (χ2n) is 10.2. The van der Waals surface area contributed by atoms with E-state index >= 15 is 8.78 Å². The van der Waals surface area contributed by atoms with E-state index in [0.29, 0.717) is 5.56 Å². The van der Waals surface area contributed by atoms with Gasteiger partial charge in [0, 0.05) is 35.5 Å². The highest BCUT2D eigenvalue weighted by atomic mass is 32.2. The monoisotopic (exact) mass is 627 g/mol. The summed E-state index contributed by atoms with van der Waals surface area (Å²) in [4.78, 5) is 38.3. The zero-order valence-corrected chi connectivity index (χ0v) is 24.8.